The van der Waals surface area contributed by atoms with E-state index >= 15 is 0 Å². The van der Waals surface area contributed by atoms with Crippen LogP contribution in [-0.2, 0) is 9.47 Å². The van der Waals surface area contributed by atoms with Gasteiger partial charge in [0.25, 0.3) is 0 Å². The van der Waals surface area contributed by atoms with Gasteiger partial charge in [-0.15, -0.1) is 0 Å². The van der Waals surface area contributed by atoms with Gasteiger partial charge in [-0.05, 0) is 30.3 Å². The van der Waals surface area contributed by atoms with Crippen LogP contribution in [-0.4, -0.2) is 41.1 Å². The molecule has 0 amide bonds. The summed E-state index contributed by atoms with van der Waals surface area (Å²) in [4.78, 5) is 36.9. The third-order valence-electron chi connectivity index (χ3n) is 4.81. The zero-order valence-corrected chi connectivity index (χ0v) is 17.8. The van der Waals surface area contributed by atoms with E-state index in [4.69, 9.17) is 15.2 Å². The number of benzene rings is 2. The van der Waals surface area contributed by atoms with Crippen molar-refractivity contribution in [1.29, 1.82) is 0 Å². The van der Waals surface area contributed by atoms with Crippen molar-refractivity contribution < 1.29 is 19.1 Å². The number of carbonyl (C=O) groups is 2. The maximum atomic E-state index is 12.0. The molecule has 0 fully saturated rings. The van der Waals surface area contributed by atoms with Gasteiger partial charge in [0, 0.05) is 17.3 Å². The predicted octanol–water partition coefficient (Wildman–Crippen LogP) is 3.67. The van der Waals surface area contributed by atoms with E-state index in [0.29, 0.717) is 11.5 Å². The molecule has 0 atom stereocenters. The lowest BCUT2D eigenvalue weighted by Gasteiger charge is -2.14. The second kappa shape index (κ2) is 9.18. The lowest BCUT2D eigenvalue weighted by atomic mass is 10.1. The Hall–Kier alpha value is -4.73. The molecule has 4 aromatic rings. The number of anilines is 5. The van der Waals surface area contributed by atoms with Gasteiger partial charge in [-0.1, -0.05) is 18.2 Å². The van der Waals surface area contributed by atoms with Crippen LogP contribution in [0.1, 0.15) is 20.7 Å². The minimum absolute atomic E-state index is 0.163. The van der Waals surface area contributed by atoms with Crippen molar-refractivity contribution in [2.24, 2.45) is 0 Å². The number of aromatic nitrogens is 3. The topological polar surface area (TPSA) is 141 Å². The smallest absolute Gasteiger partial charge is 0.337 e. The molecule has 10 nitrogen and oxygen atoms in total. The van der Waals surface area contributed by atoms with Crippen molar-refractivity contribution in [3.05, 3.63) is 72.2 Å². The summed E-state index contributed by atoms with van der Waals surface area (Å²) in [6.07, 6.45) is 3.04. The Morgan fingerprint density at radius 3 is 2.15 bits per heavy atom. The highest BCUT2D eigenvalue weighted by molar-refractivity contribution is 5.98. The fourth-order valence-electron chi connectivity index (χ4n) is 3.24. The molecule has 2 aromatic carbocycles. The molecule has 0 spiro atoms. The minimum Gasteiger partial charge on any atom is -0.465 e. The molecule has 0 bridgehead atoms. The summed E-state index contributed by atoms with van der Waals surface area (Å²) in [7, 11) is 2.51. The summed E-state index contributed by atoms with van der Waals surface area (Å²) >= 11 is 0. The van der Waals surface area contributed by atoms with Crippen molar-refractivity contribution in [3.63, 3.8) is 0 Å². The number of esters is 2. The Morgan fingerprint density at radius 1 is 0.848 bits per heavy atom. The zero-order valence-electron chi connectivity index (χ0n) is 17.8. The number of hydrogen-bond acceptors (Lipinski definition) is 10. The highest BCUT2D eigenvalue weighted by Gasteiger charge is 2.16. The molecule has 0 aliphatic rings. The number of nitrogens with one attached hydrogen (secondary N) is 2. The van der Waals surface area contributed by atoms with Gasteiger partial charge in [0.2, 0.25) is 0 Å². The van der Waals surface area contributed by atoms with Crippen LogP contribution in [0.25, 0.3) is 10.9 Å². The third kappa shape index (κ3) is 4.49. The van der Waals surface area contributed by atoms with Crippen LogP contribution in [0, 0.1) is 0 Å². The van der Waals surface area contributed by atoms with E-state index in [9.17, 15) is 9.59 Å². The molecule has 2 aromatic heterocycles. The fourth-order valence-corrected chi connectivity index (χ4v) is 3.24. The van der Waals surface area contributed by atoms with Gasteiger partial charge in [-0.3, -0.25) is 4.98 Å². The number of pyridine rings is 1. The maximum absolute atomic E-state index is 12.0. The average molecular weight is 444 g/mol. The largest absolute Gasteiger partial charge is 0.465 e. The number of fused-ring (bicyclic) bond motifs is 1. The van der Waals surface area contributed by atoms with E-state index in [0.717, 1.165) is 16.6 Å². The van der Waals surface area contributed by atoms with Gasteiger partial charge in [0.15, 0.2) is 11.6 Å². The number of nitrogen functional groups attached to an aromatic ring is 1. The van der Waals surface area contributed by atoms with Crippen LogP contribution in [0.3, 0.4) is 0 Å². The molecule has 2 heterocycles. The van der Waals surface area contributed by atoms with Gasteiger partial charge in [-0.2, -0.15) is 0 Å². The molecule has 33 heavy (non-hydrogen) atoms. The monoisotopic (exact) mass is 444 g/mol. The summed E-state index contributed by atoms with van der Waals surface area (Å²) in [5.41, 5.74) is 8.76. The van der Waals surface area contributed by atoms with Gasteiger partial charge in [0.1, 0.15) is 12.0 Å². The Balaban J connectivity index is 1.68. The molecule has 4 rings (SSSR count). The second-order valence-corrected chi connectivity index (χ2v) is 6.90. The standard InChI is InChI=1S/C23H20N6O4/c1-32-22(30)14-9-15(23(31)33-2)11-16(10-14)28-20-18(24)21(27-12-26-20)29-17-7-3-5-13-6-4-8-25-19(13)17/h3-12H,24H2,1-2H3,(H2,26,27,28,29). The molecular formula is C23H20N6O4. The Kier molecular flexibility index (Phi) is 5.98. The Bertz CT molecular complexity index is 1320. The third-order valence-corrected chi connectivity index (χ3v) is 4.81. The summed E-state index contributed by atoms with van der Waals surface area (Å²) < 4.78 is 9.54. The highest BCUT2D eigenvalue weighted by atomic mass is 16.5. The van der Waals surface area contributed by atoms with E-state index in [1.165, 1.54) is 38.7 Å². The average Bonchev–Trinajstić information content (AvgIpc) is 2.85. The number of hydrogen-bond donors (Lipinski definition) is 3. The minimum atomic E-state index is -0.606. The van der Waals surface area contributed by atoms with Crippen molar-refractivity contribution in [2.45, 2.75) is 0 Å². The predicted molar refractivity (Wildman–Crippen MR) is 124 cm³/mol. The molecule has 0 saturated heterocycles. The first-order chi connectivity index (χ1) is 16.0. The van der Waals surface area contributed by atoms with E-state index in [-0.39, 0.29) is 22.6 Å². The van der Waals surface area contributed by atoms with Crippen molar-refractivity contribution in [3.8, 4) is 0 Å². The Morgan fingerprint density at radius 2 is 1.48 bits per heavy atom. The summed E-state index contributed by atoms with van der Waals surface area (Å²) in [5.74, 6) is -0.572. The number of nitrogens with zero attached hydrogens (tertiary/aromatic N) is 3. The fraction of sp³-hybridized carbons (Fsp3) is 0.0870. The maximum Gasteiger partial charge on any atom is 0.337 e. The van der Waals surface area contributed by atoms with Crippen LogP contribution in [0.5, 0.6) is 0 Å². The van der Waals surface area contributed by atoms with E-state index in [1.807, 2.05) is 30.3 Å². The lowest BCUT2D eigenvalue weighted by Crippen LogP contribution is -2.09. The number of nitrogens with two attached hydrogens (primary N) is 1. The summed E-state index contributed by atoms with van der Waals surface area (Å²) in [5, 5.41) is 7.18. The first kappa shape index (κ1) is 21.5. The number of rotatable bonds is 6. The molecule has 0 aliphatic heterocycles. The van der Waals surface area contributed by atoms with E-state index < -0.39 is 11.9 Å². The number of para-hydroxylation sites is 1. The van der Waals surface area contributed by atoms with E-state index in [1.54, 1.807) is 6.20 Å². The summed E-state index contributed by atoms with van der Waals surface area (Å²) in [6.45, 7) is 0. The van der Waals surface area contributed by atoms with Crippen molar-refractivity contribution in [2.75, 3.05) is 30.6 Å². The Labute approximate surface area is 188 Å². The van der Waals surface area contributed by atoms with E-state index in [2.05, 4.69) is 25.6 Å². The van der Waals surface area contributed by atoms with Crippen LogP contribution in [0.15, 0.2) is 61.1 Å². The molecule has 4 N–H and O–H groups in total. The molecule has 0 aliphatic carbocycles. The van der Waals surface area contributed by atoms with Crippen LogP contribution >= 0.6 is 0 Å². The van der Waals surface area contributed by atoms with Crippen LogP contribution in [0.2, 0.25) is 0 Å². The van der Waals surface area contributed by atoms with Gasteiger partial charge in [0.05, 0.1) is 36.6 Å². The van der Waals surface area contributed by atoms with Crippen LogP contribution in [0.4, 0.5) is 28.7 Å². The van der Waals surface area contributed by atoms with Crippen LogP contribution < -0.4 is 16.4 Å². The van der Waals surface area contributed by atoms with Crippen molar-refractivity contribution in [1.82, 2.24) is 15.0 Å². The summed E-state index contributed by atoms with van der Waals surface area (Å²) in [6, 6.07) is 13.9. The molecular weight excluding hydrogens is 424 g/mol. The highest BCUT2D eigenvalue weighted by Crippen LogP contribution is 2.31. The molecule has 166 valence electrons. The number of methoxy groups -OCH3 is 2. The molecule has 0 saturated carbocycles. The van der Waals surface area contributed by atoms with Gasteiger partial charge >= 0.3 is 11.9 Å². The number of ether oxygens (including phenoxy) is 2. The quantitative estimate of drug-likeness (QED) is 0.377. The normalized spacial score (nSPS) is 10.5. The number of carbonyl (C=O) groups excluding carboxylic acids is 2. The second-order valence-electron chi connectivity index (χ2n) is 6.90. The molecule has 0 radical (unpaired) electrons. The lowest BCUT2D eigenvalue weighted by molar-refractivity contribution is 0.0599. The van der Waals surface area contributed by atoms with Gasteiger partial charge < -0.3 is 25.8 Å². The van der Waals surface area contributed by atoms with Crippen molar-refractivity contribution >= 4 is 51.5 Å². The first-order valence-corrected chi connectivity index (χ1v) is 9.80. The molecule has 10 heteroatoms. The van der Waals surface area contributed by atoms with Gasteiger partial charge in [-0.25, -0.2) is 19.6 Å². The molecule has 0 unspecified atom stereocenters. The first-order valence-electron chi connectivity index (χ1n) is 9.80. The zero-order chi connectivity index (χ0) is 23.4. The SMILES string of the molecule is COC(=O)c1cc(Nc2ncnc(Nc3cccc4cccnc34)c2N)cc(C(=O)OC)c1.